The lowest BCUT2D eigenvalue weighted by Gasteiger charge is -2.20. The Morgan fingerprint density at radius 1 is 1.04 bits per heavy atom. The molecule has 3 rings (SSSR count). The molecule has 1 aliphatic rings. The Morgan fingerprint density at radius 3 is 2.26 bits per heavy atom. The molecule has 0 spiro atoms. The molecular weight excluding hydrogens is 408 g/mol. The van der Waals surface area contributed by atoms with Gasteiger partial charge in [0.2, 0.25) is 10.0 Å². The van der Waals surface area contributed by atoms with E-state index in [9.17, 15) is 26.0 Å². The van der Waals surface area contributed by atoms with Crippen LogP contribution in [0.1, 0.15) is 17.0 Å². The highest BCUT2D eigenvalue weighted by molar-refractivity contribution is 7.89. The number of sulfonamides is 1. The second-order valence-corrected chi connectivity index (χ2v) is 8.05. The summed E-state index contributed by atoms with van der Waals surface area (Å²) in [6.45, 7) is -0.154. The van der Waals surface area contributed by atoms with Gasteiger partial charge in [-0.15, -0.1) is 12.4 Å². The van der Waals surface area contributed by atoms with Crippen molar-refractivity contribution in [2.45, 2.75) is 23.0 Å². The number of halogens is 5. The van der Waals surface area contributed by atoms with Gasteiger partial charge < -0.3 is 5.73 Å². The van der Waals surface area contributed by atoms with Gasteiger partial charge in [0.25, 0.3) is 0 Å². The summed E-state index contributed by atoms with van der Waals surface area (Å²) in [6, 6.07) is 9.93. The van der Waals surface area contributed by atoms with E-state index < -0.39 is 38.5 Å². The van der Waals surface area contributed by atoms with E-state index in [1.807, 2.05) is 0 Å². The minimum Gasteiger partial charge on any atom is -0.326 e. The standard InChI is InChI=1S/C17H16F4N2O2S.ClH/c18-12-6-7-16(14(8-12)17(19,20)21)26(24,25)23-9-13(15(22)10-23)11-4-2-1-3-5-11;/h1-8,13,15H,9-10,22H2;1H/t13-,15+;/m0./s1. The van der Waals surface area contributed by atoms with Crippen molar-refractivity contribution >= 4 is 22.4 Å². The van der Waals surface area contributed by atoms with E-state index in [4.69, 9.17) is 5.73 Å². The fourth-order valence-corrected chi connectivity index (χ4v) is 4.82. The SMILES string of the molecule is Cl.N[C@@H]1CN(S(=O)(=O)c2ccc(F)cc2C(F)(F)F)C[C@H]1c1ccccc1. The molecule has 27 heavy (non-hydrogen) atoms. The first-order valence-electron chi connectivity index (χ1n) is 7.78. The molecule has 1 fully saturated rings. The number of alkyl halides is 3. The summed E-state index contributed by atoms with van der Waals surface area (Å²) in [5, 5.41) is 0. The molecule has 0 bridgehead atoms. The summed E-state index contributed by atoms with van der Waals surface area (Å²) in [6.07, 6.45) is -4.99. The molecule has 0 amide bonds. The van der Waals surface area contributed by atoms with E-state index in [0.717, 1.165) is 9.87 Å². The molecule has 1 heterocycles. The van der Waals surface area contributed by atoms with Gasteiger partial charge in [0.05, 0.1) is 10.5 Å². The van der Waals surface area contributed by atoms with Gasteiger partial charge >= 0.3 is 6.18 Å². The van der Waals surface area contributed by atoms with Crippen molar-refractivity contribution in [3.05, 3.63) is 65.5 Å². The Hall–Kier alpha value is -1.68. The molecule has 0 aromatic heterocycles. The second kappa shape index (κ2) is 7.75. The molecule has 0 saturated carbocycles. The zero-order valence-electron chi connectivity index (χ0n) is 13.9. The lowest BCUT2D eigenvalue weighted by Crippen LogP contribution is -2.33. The fraction of sp³-hybridized carbons (Fsp3) is 0.294. The van der Waals surface area contributed by atoms with Gasteiger partial charge in [-0.2, -0.15) is 17.5 Å². The molecule has 0 unspecified atom stereocenters. The van der Waals surface area contributed by atoms with Crippen LogP contribution in [0.5, 0.6) is 0 Å². The third-order valence-electron chi connectivity index (χ3n) is 4.42. The summed E-state index contributed by atoms with van der Waals surface area (Å²) >= 11 is 0. The third kappa shape index (κ3) is 4.26. The highest BCUT2D eigenvalue weighted by Gasteiger charge is 2.43. The van der Waals surface area contributed by atoms with Gasteiger partial charge in [-0.05, 0) is 23.8 Å². The minimum atomic E-state index is -4.99. The minimum absolute atomic E-state index is 0. The van der Waals surface area contributed by atoms with Crippen LogP contribution in [0.25, 0.3) is 0 Å². The Bertz CT molecular complexity index is 907. The van der Waals surface area contributed by atoms with Crippen LogP contribution in [0, 0.1) is 5.82 Å². The molecule has 10 heteroatoms. The van der Waals surface area contributed by atoms with Crippen LogP contribution in [-0.2, 0) is 16.2 Å². The lowest BCUT2D eigenvalue weighted by atomic mass is 9.95. The molecule has 0 aliphatic carbocycles. The van der Waals surface area contributed by atoms with Crippen LogP contribution >= 0.6 is 12.4 Å². The fourth-order valence-electron chi connectivity index (χ4n) is 3.13. The van der Waals surface area contributed by atoms with E-state index >= 15 is 0 Å². The van der Waals surface area contributed by atoms with Crippen LogP contribution in [0.4, 0.5) is 17.6 Å². The lowest BCUT2D eigenvalue weighted by molar-refractivity contribution is -0.140. The van der Waals surface area contributed by atoms with Crippen molar-refractivity contribution in [1.29, 1.82) is 0 Å². The average molecular weight is 425 g/mol. The van der Waals surface area contributed by atoms with E-state index in [1.54, 1.807) is 30.3 Å². The van der Waals surface area contributed by atoms with Gasteiger partial charge in [0.15, 0.2) is 0 Å². The predicted molar refractivity (Wildman–Crippen MR) is 94.6 cm³/mol. The quantitative estimate of drug-likeness (QED) is 0.768. The monoisotopic (exact) mass is 424 g/mol. The molecular formula is C17H17ClF4N2O2S. The molecule has 1 saturated heterocycles. The molecule has 4 nitrogen and oxygen atoms in total. The molecule has 2 aromatic rings. The smallest absolute Gasteiger partial charge is 0.326 e. The Kier molecular flexibility index (Phi) is 6.20. The largest absolute Gasteiger partial charge is 0.417 e. The number of nitrogens with zero attached hydrogens (tertiary/aromatic N) is 1. The topological polar surface area (TPSA) is 63.4 Å². The Balaban J connectivity index is 0.00000261. The first-order chi connectivity index (χ1) is 12.1. The van der Waals surface area contributed by atoms with Crippen LogP contribution in [0.15, 0.2) is 53.4 Å². The number of hydrogen-bond acceptors (Lipinski definition) is 3. The summed E-state index contributed by atoms with van der Waals surface area (Å²) < 4.78 is 79.3. The Labute approximate surface area is 160 Å². The van der Waals surface area contributed by atoms with Crippen molar-refractivity contribution in [3.8, 4) is 0 Å². The zero-order chi connectivity index (χ0) is 19.1. The molecule has 1 aliphatic heterocycles. The summed E-state index contributed by atoms with van der Waals surface area (Å²) in [7, 11) is -4.48. The van der Waals surface area contributed by atoms with Crippen LogP contribution < -0.4 is 5.73 Å². The van der Waals surface area contributed by atoms with Gasteiger partial charge in [-0.1, -0.05) is 30.3 Å². The predicted octanol–water partition coefficient (Wildman–Crippen LogP) is 3.38. The molecule has 0 radical (unpaired) electrons. The van der Waals surface area contributed by atoms with Crippen molar-refractivity contribution in [2.75, 3.05) is 13.1 Å². The average Bonchev–Trinajstić information content (AvgIpc) is 2.97. The number of rotatable bonds is 3. The van der Waals surface area contributed by atoms with Crippen molar-refractivity contribution in [3.63, 3.8) is 0 Å². The summed E-state index contributed by atoms with van der Waals surface area (Å²) in [4.78, 5) is -0.965. The van der Waals surface area contributed by atoms with Gasteiger partial charge in [0, 0.05) is 25.0 Å². The van der Waals surface area contributed by atoms with Gasteiger partial charge in [-0.3, -0.25) is 0 Å². The van der Waals surface area contributed by atoms with Gasteiger partial charge in [0.1, 0.15) is 5.82 Å². The van der Waals surface area contributed by atoms with E-state index in [-0.39, 0.29) is 37.5 Å². The Morgan fingerprint density at radius 2 is 1.67 bits per heavy atom. The maximum Gasteiger partial charge on any atom is 0.417 e. The van der Waals surface area contributed by atoms with Crippen LogP contribution in [0.3, 0.4) is 0 Å². The maximum absolute atomic E-state index is 13.3. The molecule has 2 N–H and O–H groups in total. The van der Waals surface area contributed by atoms with Crippen molar-refractivity contribution < 1.29 is 26.0 Å². The first-order valence-corrected chi connectivity index (χ1v) is 9.22. The van der Waals surface area contributed by atoms with Crippen molar-refractivity contribution in [2.24, 2.45) is 5.73 Å². The van der Waals surface area contributed by atoms with Crippen LogP contribution in [-0.4, -0.2) is 31.9 Å². The van der Waals surface area contributed by atoms with E-state index in [1.165, 1.54) is 0 Å². The van der Waals surface area contributed by atoms with Gasteiger partial charge in [-0.25, -0.2) is 12.8 Å². The molecule has 2 atom stereocenters. The molecule has 148 valence electrons. The second-order valence-electron chi connectivity index (χ2n) is 6.14. The number of benzene rings is 2. The first kappa shape index (κ1) is 21.6. The van der Waals surface area contributed by atoms with Crippen LogP contribution in [0.2, 0.25) is 0 Å². The maximum atomic E-state index is 13.3. The van der Waals surface area contributed by atoms with E-state index in [0.29, 0.717) is 12.1 Å². The number of hydrogen-bond donors (Lipinski definition) is 1. The van der Waals surface area contributed by atoms with Crippen molar-refractivity contribution in [1.82, 2.24) is 4.31 Å². The summed E-state index contributed by atoms with van der Waals surface area (Å²) in [5.41, 5.74) is 5.33. The third-order valence-corrected chi connectivity index (χ3v) is 6.31. The van der Waals surface area contributed by atoms with E-state index in [2.05, 4.69) is 0 Å². The highest BCUT2D eigenvalue weighted by Crippen LogP contribution is 2.37. The summed E-state index contributed by atoms with van der Waals surface area (Å²) in [5.74, 6) is -1.49. The molecule has 2 aromatic carbocycles. The number of nitrogens with two attached hydrogens (primary N) is 1. The highest BCUT2D eigenvalue weighted by atomic mass is 35.5. The zero-order valence-corrected chi connectivity index (χ0v) is 15.5. The normalized spacial score (nSPS) is 21.1.